The summed E-state index contributed by atoms with van der Waals surface area (Å²) in [6, 6.07) is 11.8. The van der Waals surface area contributed by atoms with Gasteiger partial charge in [-0.3, -0.25) is 4.79 Å². The third-order valence-electron chi connectivity index (χ3n) is 5.05. The Kier molecular flexibility index (Phi) is 5.63. The van der Waals surface area contributed by atoms with Crippen LogP contribution in [0.2, 0.25) is 0 Å². The number of amides is 1. The Bertz CT molecular complexity index is 1100. The number of hydrogen-bond donors (Lipinski definition) is 1. The van der Waals surface area contributed by atoms with Crippen molar-refractivity contribution in [1.29, 1.82) is 0 Å². The zero-order chi connectivity index (χ0) is 21.1. The van der Waals surface area contributed by atoms with Crippen molar-refractivity contribution in [2.24, 2.45) is 4.40 Å². The van der Waals surface area contributed by atoms with Crippen LogP contribution >= 0.6 is 0 Å². The number of hydrogen-bond acceptors (Lipinski definition) is 5. The van der Waals surface area contributed by atoms with Crippen molar-refractivity contribution in [2.75, 3.05) is 25.7 Å². The van der Waals surface area contributed by atoms with E-state index in [4.69, 9.17) is 9.47 Å². The van der Waals surface area contributed by atoms with Gasteiger partial charge in [0.05, 0.1) is 4.90 Å². The second-order valence-corrected chi connectivity index (χ2v) is 8.88. The zero-order valence-corrected chi connectivity index (χ0v) is 17.4. The molecule has 0 aliphatic carbocycles. The summed E-state index contributed by atoms with van der Waals surface area (Å²) in [5.41, 5.74) is 1.38. The van der Waals surface area contributed by atoms with E-state index in [1.807, 2.05) is 30.1 Å². The van der Waals surface area contributed by atoms with Crippen LogP contribution in [0, 0.1) is 0 Å². The summed E-state index contributed by atoms with van der Waals surface area (Å²) in [6.07, 6.45) is 2.32. The van der Waals surface area contributed by atoms with Crippen LogP contribution in [-0.4, -0.2) is 45.4 Å². The molecule has 0 radical (unpaired) electrons. The minimum atomic E-state index is -3.83. The molecular weight excluding hydrogens is 406 g/mol. The lowest BCUT2D eigenvalue weighted by atomic mass is 10.1. The van der Waals surface area contributed by atoms with E-state index in [1.165, 1.54) is 12.1 Å². The summed E-state index contributed by atoms with van der Waals surface area (Å²) < 4.78 is 39.8. The Morgan fingerprint density at radius 2 is 2.00 bits per heavy atom. The molecule has 158 valence electrons. The molecule has 2 aromatic carbocycles. The number of amidine groups is 1. The maximum Gasteiger partial charge on any atom is 0.284 e. The van der Waals surface area contributed by atoms with Gasteiger partial charge >= 0.3 is 0 Å². The van der Waals surface area contributed by atoms with E-state index in [0.717, 1.165) is 18.5 Å². The van der Waals surface area contributed by atoms with Gasteiger partial charge in [0.2, 0.25) is 12.7 Å². The molecule has 30 heavy (non-hydrogen) atoms. The molecule has 2 aliphatic heterocycles. The van der Waals surface area contributed by atoms with Crippen molar-refractivity contribution in [2.45, 2.75) is 30.6 Å². The van der Waals surface area contributed by atoms with Gasteiger partial charge in [-0.15, -0.1) is 4.40 Å². The lowest BCUT2D eigenvalue weighted by molar-refractivity contribution is -0.116. The van der Waals surface area contributed by atoms with Crippen molar-refractivity contribution in [3.63, 3.8) is 0 Å². The average molecular weight is 429 g/mol. The number of ether oxygens (including phenoxy) is 2. The molecule has 1 fully saturated rings. The second-order valence-electron chi connectivity index (χ2n) is 7.27. The number of aryl methyl sites for hydroxylation is 1. The minimum absolute atomic E-state index is 0.0591. The normalized spacial score (nSPS) is 16.8. The van der Waals surface area contributed by atoms with Gasteiger partial charge < -0.3 is 19.7 Å². The van der Waals surface area contributed by atoms with Crippen LogP contribution in [0.25, 0.3) is 0 Å². The van der Waals surface area contributed by atoms with Crippen molar-refractivity contribution >= 4 is 27.5 Å². The summed E-state index contributed by atoms with van der Waals surface area (Å²) >= 11 is 0. The quantitative estimate of drug-likeness (QED) is 0.758. The molecule has 0 unspecified atom stereocenters. The van der Waals surface area contributed by atoms with E-state index >= 15 is 0 Å². The molecule has 0 atom stereocenters. The van der Waals surface area contributed by atoms with Gasteiger partial charge in [-0.25, -0.2) is 0 Å². The van der Waals surface area contributed by atoms with Crippen LogP contribution in [0.1, 0.15) is 24.8 Å². The van der Waals surface area contributed by atoms with E-state index in [0.29, 0.717) is 35.9 Å². The Balaban J connectivity index is 1.39. The molecule has 1 amide bonds. The fourth-order valence-electron chi connectivity index (χ4n) is 3.41. The maximum atomic E-state index is 12.6. The van der Waals surface area contributed by atoms with E-state index < -0.39 is 10.0 Å². The smallest absolute Gasteiger partial charge is 0.284 e. The first-order valence-electron chi connectivity index (χ1n) is 9.74. The minimum Gasteiger partial charge on any atom is -0.454 e. The lowest BCUT2D eigenvalue weighted by Gasteiger charge is -2.11. The van der Waals surface area contributed by atoms with Crippen molar-refractivity contribution in [3.8, 4) is 11.5 Å². The number of benzene rings is 2. The van der Waals surface area contributed by atoms with Crippen LogP contribution in [0.15, 0.2) is 51.8 Å². The van der Waals surface area contributed by atoms with Crippen LogP contribution < -0.4 is 14.8 Å². The van der Waals surface area contributed by atoms with E-state index in [2.05, 4.69) is 9.71 Å². The van der Waals surface area contributed by atoms with Gasteiger partial charge in [0.1, 0.15) is 5.84 Å². The van der Waals surface area contributed by atoms with Gasteiger partial charge in [0.15, 0.2) is 11.5 Å². The van der Waals surface area contributed by atoms with Gasteiger partial charge in [0, 0.05) is 32.1 Å². The number of sulfonamides is 1. The molecule has 0 saturated carbocycles. The van der Waals surface area contributed by atoms with Crippen molar-refractivity contribution in [1.82, 2.24) is 4.90 Å². The molecule has 0 bridgehead atoms. The highest BCUT2D eigenvalue weighted by Gasteiger charge is 2.20. The monoisotopic (exact) mass is 429 g/mol. The average Bonchev–Trinajstić information content (AvgIpc) is 3.35. The number of anilines is 1. The lowest BCUT2D eigenvalue weighted by Crippen LogP contribution is -2.20. The van der Waals surface area contributed by atoms with Gasteiger partial charge in [0.25, 0.3) is 10.0 Å². The Hall–Kier alpha value is -3.07. The fraction of sp³-hybridized carbons (Fsp3) is 0.333. The highest BCUT2D eigenvalue weighted by atomic mass is 32.2. The SMILES string of the molecule is CN1CCC/C1=N/S(=O)(=O)c1cccc(NC(=O)CCc2ccc3c(c2)OCO3)c1. The van der Waals surface area contributed by atoms with Crippen LogP contribution in [0.3, 0.4) is 0 Å². The Labute approximate surface area is 175 Å². The summed E-state index contributed by atoms with van der Waals surface area (Å²) in [4.78, 5) is 14.3. The molecule has 2 heterocycles. The fourth-order valence-corrected chi connectivity index (χ4v) is 4.55. The molecule has 4 rings (SSSR count). The third-order valence-corrected chi connectivity index (χ3v) is 6.35. The summed E-state index contributed by atoms with van der Waals surface area (Å²) in [7, 11) is -2.00. The maximum absolute atomic E-state index is 12.6. The molecule has 8 nitrogen and oxygen atoms in total. The zero-order valence-electron chi connectivity index (χ0n) is 16.6. The predicted molar refractivity (Wildman–Crippen MR) is 112 cm³/mol. The molecular formula is C21H23N3O5S. The van der Waals surface area contributed by atoms with Crippen molar-refractivity contribution in [3.05, 3.63) is 48.0 Å². The van der Waals surface area contributed by atoms with Crippen LogP contribution in [0.5, 0.6) is 11.5 Å². The number of nitrogens with one attached hydrogen (secondary N) is 1. The second kappa shape index (κ2) is 8.35. The number of likely N-dealkylation sites (tertiary alicyclic amines) is 1. The highest BCUT2D eigenvalue weighted by Crippen LogP contribution is 2.32. The van der Waals surface area contributed by atoms with Gasteiger partial charge in [-0.2, -0.15) is 8.42 Å². The Morgan fingerprint density at radius 1 is 1.17 bits per heavy atom. The predicted octanol–water partition coefficient (Wildman–Crippen LogP) is 2.80. The number of carbonyl (C=O) groups excluding carboxylic acids is 1. The molecule has 1 N–H and O–H groups in total. The molecule has 0 spiro atoms. The van der Waals surface area contributed by atoms with E-state index in [-0.39, 0.29) is 24.0 Å². The topological polar surface area (TPSA) is 97.3 Å². The molecule has 2 aliphatic rings. The van der Waals surface area contributed by atoms with Gasteiger partial charge in [-0.1, -0.05) is 12.1 Å². The number of rotatable bonds is 6. The van der Waals surface area contributed by atoms with E-state index in [9.17, 15) is 13.2 Å². The molecule has 9 heteroatoms. The summed E-state index contributed by atoms with van der Waals surface area (Å²) in [6.45, 7) is 1.01. The summed E-state index contributed by atoms with van der Waals surface area (Å²) in [5.74, 6) is 1.74. The van der Waals surface area contributed by atoms with Crippen LogP contribution in [-0.2, 0) is 21.2 Å². The molecule has 2 aromatic rings. The number of carbonyl (C=O) groups is 1. The summed E-state index contributed by atoms with van der Waals surface area (Å²) in [5, 5.41) is 2.76. The van der Waals surface area contributed by atoms with E-state index in [1.54, 1.807) is 12.1 Å². The highest BCUT2D eigenvalue weighted by molar-refractivity contribution is 7.90. The van der Waals surface area contributed by atoms with Gasteiger partial charge in [-0.05, 0) is 48.7 Å². The molecule has 1 saturated heterocycles. The first-order valence-corrected chi connectivity index (χ1v) is 11.2. The largest absolute Gasteiger partial charge is 0.454 e. The number of nitrogens with zero attached hydrogens (tertiary/aromatic N) is 2. The van der Waals surface area contributed by atoms with Crippen LogP contribution in [0.4, 0.5) is 5.69 Å². The van der Waals surface area contributed by atoms with Crippen molar-refractivity contribution < 1.29 is 22.7 Å². The third kappa shape index (κ3) is 4.56. The molecule has 0 aromatic heterocycles. The number of fused-ring (bicyclic) bond motifs is 1. The standard InChI is InChI=1S/C21H23N3O5S/c1-24-11-3-6-20(24)23-30(26,27)17-5-2-4-16(13-17)22-21(25)10-8-15-7-9-18-19(12-15)29-14-28-18/h2,4-5,7,9,12-13H,3,6,8,10-11,14H2,1H3,(H,22,25)/b23-20-. The Morgan fingerprint density at radius 3 is 2.80 bits per heavy atom. The first-order chi connectivity index (χ1) is 14.4. The first kappa shape index (κ1) is 20.2.